The molecular formula is C24H28F2N4O5S. The molecule has 1 heterocycles. The monoisotopic (exact) mass is 522 g/mol. The van der Waals surface area contributed by atoms with Gasteiger partial charge in [0.2, 0.25) is 15.9 Å². The van der Waals surface area contributed by atoms with E-state index in [9.17, 15) is 27.1 Å². The van der Waals surface area contributed by atoms with Gasteiger partial charge >= 0.3 is 5.91 Å². The summed E-state index contributed by atoms with van der Waals surface area (Å²) in [4.78, 5) is 16.4. The van der Waals surface area contributed by atoms with Crippen molar-refractivity contribution in [1.82, 2.24) is 15.6 Å². The summed E-state index contributed by atoms with van der Waals surface area (Å²) in [6.07, 6.45) is 1.57. The van der Waals surface area contributed by atoms with Gasteiger partial charge < -0.3 is 20.2 Å². The number of anilines is 1. The maximum Gasteiger partial charge on any atom is 0.307 e. The largest absolute Gasteiger partial charge is 0.415 e. The number of oxazole rings is 1. The molecule has 4 N–H and O–H groups in total. The average Bonchev–Trinajstić information content (AvgIpc) is 3.25. The number of aryl methyl sites for hydroxylation is 1. The maximum atomic E-state index is 13.7. The van der Waals surface area contributed by atoms with Crippen LogP contribution in [-0.4, -0.2) is 49.4 Å². The zero-order chi connectivity index (χ0) is 26.3. The Labute approximate surface area is 208 Å². The van der Waals surface area contributed by atoms with Crippen molar-refractivity contribution in [2.24, 2.45) is 0 Å². The summed E-state index contributed by atoms with van der Waals surface area (Å²) >= 11 is 0. The first-order valence-electron chi connectivity index (χ1n) is 11.2. The summed E-state index contributed by atoms with van der Waals surface area (Å²) in [5.41, 5.74) is 2.41. The number of amides is 1. The highest BCUT2D eigenvalue weighted by molar-refractivity contribution is 7.92. The standard InChI is InChI=1S/C24H28F2N4O5S/c1-3-15-5-4-6-16(7-15)12-27-13-21(31)20(10-17-8-18(25)11-19(26)9-17)29-23(32)24-28-14-22(35-24)30-36(2,33)34/h4-9,11,14,20-21,27,30-31H,3,10,12-13H2,1-2H3,(H,29,32)/t20-,21+/m0/s1. The molecule has 12 heteroatoms. The number of aliphatic hydroxyl groups excluding tert-OH is 1. The molecule has 0 unspecified atom stereocenters. The van der Waals surface area contributed by atoms with Crippen molar-refractivity contribution < 1.29 is 31.5 Å². The molecule has 9 nitrogen and oxygen atoms in total. The highest BCUT2D eigenvalue weighted by Gasteiger charge is 2.25. The van der Waals surface area contributed by atoms with Crippen LogP contribution in [-0.2, 0) is 29.4 Å². The minimum atomic E-state index is -3.65. The molecule has 0 aliphatic heterocycles. The normalized spacial score (nSPS) is 13.2. The third-order valence-corrected chi connectivity index (χ3v) is 5.80. The summed E-state index contributed by atoms with van der Waals surface area (Å²) in [5, 5.41) is 16.5. The first kappa shape index (κ1) is 27.2. The summed E-state index contributed by atoms with van der Waals surface area (Å²) < 4.78 is 57.3. The SMILES string of the molecule is CCc1cccc(CNC[C@@H](O)[C@H](Cc2cc(F)cc(F)c2)NC(=O)c2ncc(NS(C)(=O)=O)o2)c1. The van der Waals surface area contributed by atoms with Gasteiger partial charge in [-0.2, -0.15) is 0 Å². The highest BCUT2D eigenvalue weighted by atomic mass is 32.2. The molecule has 1 amide bonds. The Morgan fingerprint density at radius 3 is 2.47 bits per heavy atom. The minimum absolute atomic E-state index is 0.0611. The van der Waals surface area contributed by atoms with E-state index in [1.807, 2.05) is 31.2 Å². The van der Waals surface area contributed by atoms with Crippen molar-refractivity contribution >= 4 is 21.8 Å². The smallest absolute Gasteiger partial charge is 0.307 e. The third kappa shape index (κ3) is 8.40. The van der Waals surface area contributed by atoms with E-state index < -0.39 is 45.6 Å². The van der Waals surface area contributed by atoms with Gasteiger partial charge in [-0.3, -0.25) is 9.52 Å². The van der Waals surface area contributed by atoms with Crippen molar-refractivity contribution in [3.63, 3.8) is 0 Å². The van der Waals surface area contributed by atoms with Crippen LogP contribution in [0.1, 0.15) is 34.3 Å². The van der Waals surface area contributed by atoms with Crippen LogP contribution in [0.15, 0.2) is 53.1 Å². The van der Waals surface area contributed by atoms with Crippen LogP contribution in [0.5, 0.6) is 0 Å². The first-order chi connectivity index (χ1) is 17.0. The molecule has 0 fully saturated rings. The summed E-state index contributed by atoms with van der Waals surface area (Å²) in [7, 11) is -3.65. The molecule has 36 heavy (non-hydrogen) atoms. The van der Waals surface area contributed by atoms with Gasteiger partial charge in [0.1, 0.15) is 11.6 Å². The Hall–Kier alpha value is -3.35. The molecule has 0 spiro atoms. The van der Waals surface area contributed by atoms with Crippen molar-refractivity contribution in [3.05, 3.63) is 82.9 Å². The molecule has 3 rings (SSSR count). The minimum Gasteiger partial charge on any atom is -0.415 e. The van der Waals surface area contributed by atoms with Crippen LogP contribution in [0.4, 0.5) is 14.7 Å². The van der Waals surface area contributed by atoms with E-state index in [-0.39, 0.29) is 24.4 Å². The predicted octanol–water partition coefficient (Wildman–Crippen LogP) is 2.38. The predicted molar refractivity (Wildman–Crippen MR) is 130 cm³/mol. The van der Waals surface area contributed by atoms with Crippen LogP contribution >= 0.6 is 0 Å². The van der Waals surface area contributed by atoms with Gasteiger partial charge in [-0.15, -0.1) is 0 Å². The van der Waals surface area contributed by atoms with Crippen LogP contribution in [0, 0.1) is 11.6 Å². The van der Waals surface area contributed by atoms with Gasteiger partial charge in [-0.1, -0.05) is 31.2 Å². The van der Waals surface area contributed by atoms with Gasteiger partial charge in [0.05, 0.1) is 24.6 Å². The van der Waals surface area contributed by atoms with E-state index in [0.29, 0.717) is 6.54 Å². The van der Waals surface area contributed by atoms with Crippen LogP contribution in [0.3, 0.4) is 0 Å². The second-order valence-corrected chi connectivity index (χ2v) is 10.1. The van der Waals surface area contributed by atoms with E-state index in [4.69, 9.17) is 4.42 Å². The fourth-order valence-electron chi connectivity index (χ4n) is 3.57. The highest BCUT2D eigenvalue weighted by Crippen LogP contribution is 2.15. The molecule has 0 aliphatic rings. The number of carbonyl (C=O) groups excluding carboxylic acids is 1. The van der Waals surface area contributed by atoms with E-state index >= 15 is 0 Å². The number of aliphatic hydroxyl groups is 1. The van der Waals surface area contributed by atoms with Crippen LogP contribution < -0.4 is 15.4 Å². The molecule has 0 saturated heterocycles. The lowest BCUT2D eigenvalue weighted by Crippen LogP contribution is -2.48. The zero-order valence-corrected chi connectivity index (χ0v) is 20.6. The quantitative estimate of drug-likeness (QED) is 0.287. The maximum absolute atomic E-state index is 13.7. The lowest BCUT2D eigenvalue weighted by Gasteiger charge is -2.24. The summed E-state index contributed by atoms with van der Waals surface area (Å²) in [6, 6.07) is 9.90. The van der Waals surface area contributed by atoms with Crippen molar-refractivity contribution in [1.29, 1.82) is 0 Å². The van der Waals surface area contributed by atoms with Gasteiger partial charge in [-0.25, -0.2) is 22.2 Å². The summed E-state index contributed by atoms with van der Waals surface area (Å²) in [6.45, 7) is 2.57. The Morgan fingerprint density at radius 2 is 1.81 bits per heavy atom. The third-order valence-electron chi connectivity index (χ3n) is 5.23. The number of carbonyl (C=O) groups is 1. The van der Waals surface area contributed by atoms with Crippen LogP contribution in [0.2, 0.25) is 0 Å². The molecule has 2 aromatic carbocycles. The number of nitrogens with one attached hydrogen (secondary N) is 3. The van der Waals surface area contributed by atoms with Gasteiger partial charge in [-0.05, 0) is 41.7 Å². The van der Waals surface area contributed by atoms with Gasteiger partial charge in [0.25, 0.3) is 5.89 Å². The van der Waals surface area contributed by atoms with Crippen molar-refractivity contribution in [2.75, 3.05) is 17.5 Å². The Bertz CT molecular complexity index is 1280. The number of benzene rings is 2. The lowest BCUT2D eigenvalue weighted by atomic mass is 10.0. The van der Waals surface area contributed by atoms with Crippen molar-refractivity contribution in [2.45, 2.75) is 38.5 Å². The van der Waals surface area contributed by atoms with Gasteiger partial charge in [0, 0.05) is 19.2 Å². The lowest BCUT2D eigenvalue weighted by molar-refractivity contribution is 0.0799. The fourth-order valence-corrected chi connectivity index (χ4v) is 4.03. The average molecular weight is 523 g/mol. The molecular weight excluding hydrogens is 494 g/mol. The first-order valence-corrected chi connectivity index (χ1v) is 13.1. The van der Waals surface area contributed by atoms with E-state index in [2.05, 4.69) is 20.3 Å². The molecule has 194 valence electrons. The fraction of sp³-hybridized carbons (Fsp3) is 0.333. The molecule has 1 aromatic heterocycles. The number of sulfonamides is 1. The number of rotatable bonds is 12. The second-order valence-electron chi connectivity index (χ2n) is 8.34. The van der Waals surface area contributed by atoms with E-state index in [1.54, 1.807) is 0 Å². The topological polar surface area (TPSA) is 134 Å². The Kier molecular flexibility index (Phi) is 9.13. The molecule has 0 aliphatic carbocycles. The number of hydrogen-bond donors (Lipinski definition) is 4. The number of halogens is 2. The molecule has 3 aromatic rings. The Morgan fingerprint density at radius 1 is 1.11 bits per heavy atom. The second kappa shape index (κ2) is 12.1. The van der Waals surface area contributed by atoms with E-state index in [0.717, 1.165) is 42.6 Å². The van der Waals surface area contributed by atoms with Gasteiger partial charge in [0.15, 0.2) is 0 Å². The molecule has 2 atom stereocenters. The molecule has 0 radical (unpaired) electrons. The van der Waals surface area contributed by atoms with E-state index in [1.165, 1.54) is 5.56 Å². The number of aromatic nitrogens is 1. The Balaban J connectivity index is 1.71. The van der Waals surface area contributed by atoms with Crippen molar-refractivity contribution in [3.8, 4) is 0 Å². The zero-order valence-electron chi connectivity index (χ0n) is 19.8. The summed E-state index contributed by atoms with van der Waals surface area (Å²) in [5.74, 6) is -3.13. The molecule has 0 bridgehead atoms. The molecule has 0 saturated carbocycles. The number of hydrogen-bond acceptors (Lipinski definition) is 7. The number of nitrogens with zero attached hydrogens (tertiary/aromatic N) is 1. The van der Waals surface area contributed by atoms with Crippen LogP contribution in [0.25, 0.3) is 0 Å².